The number of hydrogen-bond donors (Lipinski definition) is 3. The Balaban J connectivity index is 1.31. The molecule has 1 aliphatic carbocycles. The fourth-order valence-corrected chi connectivity index (χ4v) is 6.39. The zero-order chi connectivity index (χ0) is 25.3. The zero-order valence-corrected chi connectivity index (χ0v) is 20.1. The fraction of sp³-hybridized carbons (Fsp3) is 0.423. The molecule has 1 saturated carbocycles. The van der Waals surface area contributed by atoms with E-state index in [1.54, 1.807) is 29.3 Å². The number of nitrogens with one attached hydrogen (secondary N) is 1. The number of piperidine rings is 1. The van der Waals surface area contributed by atoms with Gasteiger partial charge in [-0.1, -0.05) is 0 Å². The van der Waals surface area contributed by atoms with Crippen molar-refractivity contribution in [1.29, 1.82) is 0 Å². The Morgan fingerprint density at radius 2 is 1.92 bits per heavy atom. The number of carbonyl (C=O) groups is 1. The monoisotopic (exact) mass is 502 g/mol. The van der Waals surface area contributed by atoms with Crippen LogP contribution in [0.5, 0.6) is 0 Å². The number of nitrogens with two attached hydrogens (primary N) is 1. The molecule has 3 fully saturated rings. The van der Waals surface area contributed by atoms with Gasteiger partial charge in [-0.2, -0.15) is 9.61 Å². The van der Waals surface area contributed by atoms with Crippen LogP contribution in [-0.2, 0) is 4.79 Å². The SMILES string of the molecule is Nc1c(C2CC2)c([C@@H]2C[C@H]3CC[C@@H](C2)N3C(=O)CO)nc2c(-c3cnc(-c4ncc[nH]4)c(F)c3)cnn12. The first-order valence-electron chi connectivity index (χ1n) is 12.8. The largest absolute Gasteiger partial charge is 0.387 e. The molecule has 0 radical (unpaired) electrons. The summed E-state index contributed by atoms with van der Waals surface area (Å²) in [6.45, 7) is -0.454. The van der Waals surface area contributed by atoms with Crippen LogP contribution in [-0.4, -0.2) is 64.2 Å². The molecule has 4 aromatic heterocycles. The molecule has 2 aliphatic heterocycles. The topological polar surface area (TPSA) is 138 Å². The van der Waals surface area contributed by atoms with E-state index in [0.29, 0.717) is 34.3 Å². The van der Waals surface area contributed by atoms with Crippen molar-refractivity contribution in [3.05, 3.63) is 47.9 Å². The summed E-state index contributed by atoms with van der Waals surface area (Å²) in [4.78, 5) is 30.7. The van der Waals surface area contributed by atoms with Crippen molar-refractivity contribution in [3.63, 3.8) is 0 Å². The molecule has 4 aromatic rings. The second-order valence-electron chi connectivity index (χ2n) is 10.4. The van der Waals surface area contributed by atoms with Crippen molar-refractivity contribution < 1.29 is 14.3 Å². The normalized spacial score (nSPS) is 23.2. The predicted molar refractivity (Wildman–Crippen MR) is 133 cm³/mol. The summed E-state index contributed by atoms with van der Waals surface area (Å²) in [6, 6.07) is 1.63. The molecule has 7 rings (SSSR count). The van der Waals surface area contributed by atoms with Crippen LogP contribution in [0, 0.1) is 5.82 Å². The van der Waals surface area contributed by atoms with E-state index in [-0.39, 0.29) is 29.6 Å². The maximum atomic E-state index is 15.0. The van der Waals surface area contributed by atoms with E-state index in [9.17, 15) is 9.90 Å². The van der Waals surface area contributed by atoms with Gasteiger partial charge in [0.1, 0.15) is 18.1 Å². The van der Waals surface area contributed by atoms with Crippen LogP contribution in [0.25, 0.3) is 28.3 Å². The molecule has 11 heteroatoms. The number of aliphatic hydroxyl groups excluding tert-OH is 1. The lowest BCUT2D eigenvalue weighted by atomic mass is 9.85. The lowest BCUT2D eigenvalue weighted by Crippen LogP contribution is -2.47. The van der Waals surface area contributed by atoms with Gasteiger partial charge in [0, 0.05) is 53.3 Å². The van der Waals surface area contributed by atoms with Crippen molar-refractivity contribution in [2.45, 2.75) is 62.4 Å². The van der Waals surface area contributed by atoms with Gasteiger partial charge in [0.2, 0.25) is 5.91 Å². The first-order chi connectivity index (χ1) is 18.0. The van der Waals surface area contributed by atoms with Gasteiger partial charge in [0.05, 0.1) is 11.9 Å². The predicted octanol–water partition coefficient (Wildman–Crippen LogP) is 3.01. The quantitative estimate of drug-likeness (QED) is 0.381. The Bertz CT molecular complexity index is 1500. The third kappa shape index (κ3) is 3.51. The summed E-state index contributed by atoms with van der Waals surface area (Å²) >= 11 is 0. The minimum absolute atomic E-state index is 0.103. The average Bonchev–Trinajstić information content (AvgIpc) is 3.29. The van der Waals surface area contributed by atoms with E-state index in [1.807, 2.05) is 4.90 Å². The van der Waals surface area contributed by atoms with Crippen molar-refractivity contribution in [2.75, 3.05) is 12.3 Å². The Labute approximate surface area is 211 Å². The number of carbonyl (C=O) groups excluding carboxylic acids is 1. The first-order valence-corrected chi connectivity index (χ1v) is 12.8. The second kappa shape index (κ2) is 8.34. The molecule has 0 unspecified atom stereocenters. The summed E-state index contributed by atoms with van der Waals surface area (Å²) in [5, 5.41) is 14.0. The highest BCUT2D eigenvalue weighted by molar-refractivity contribution is 5.80. The number of fused-ring (bicyclic) bond motifs is 3. The number of aromatic amines is 1. The molecule has 4 N–H and O–H groups in total. The number of aromatic nitrogens is 6. The molecule has 2 saturated heterocycles. The standard InChI is InChI=1S/C26H27FN8O2/c27-19-9-15(10-31-23(19)25-29-5-6-30-25)18-11-32-35-24(28)21(13-1-2-13)22(33-26(18)35)14-7-16-3-4-17(8-14)34(16)20(37)12-36/h5-6,9-11,13-14,16-17,36H,1-4,7-8,12,28H2,(H,29,30)/t14-,16-,17+. The van der Waals surface area contributed by atoms with Crippen LogP contribution in [0.4, 0.5) is 10.2 Å². The molecule has 1 amide bonds. The van der Waals surface area contributed by atoms with Gasteiger partial charge < -0.3 is 20.7 Å². The van der Waals surface area contributed by atoms with Gasteiger partial charge in [0.25, 0.3) is 0 Å². The van der Waals surface area contributed by atoms with Gasteiger partial charge in [-0.25, -0.2) is 19.3 Å². The number of nitrogen functional groups attached to an aromatic ring is 1. The van der Waals surface area contributed by atoms with E-state index in [4.69, 9.17) is 10.7 Å². The number of halogens is 1. The lowest BCUT2D eigenvalue weighted by molar-refractivity contribution is -0.138. The molecule has 190 valence electrons. The minimum atomic E-state index is -0.493. The third-order valence-corrected chi connectivity index (χ3v) is 8.15. The van der Waals surface area contributed by atoms with Crippen LogP contribution in [0.3, 0.4) is 0 Å². The van der Waals surface area contributed by atoms with E-state index in [1.165, 1.54) is 6.07 Å². The molecular weight excluding hydrogens is 475 g/mol. The summed E-state index contributed by atoms with van der Waals surface area (Å²) in [6.07, 6.45) is 12.0. The highest BCUT2D eigenvalue weighted by Gasteiger charge is 2.45. The second-order valence-corrected chi connectivity index (χ2v) is 10.4. The Morgan fingerprint density at radius 1 is 1.14 bits per heavy atom. The summed E-state index contributed by atoms with van der Waals surface area (Å²) < 4.78 is 16.7. The Kier molecular flexibility index (Phi) is 5.04. The van der Waals surface area contributed by atoms with Gasteiger partial charge in [0.15, 0.2) is 17.3 Å². The zero-order valence-electron chi connectivity index (χ0n) is 20.1. The van der Waals surface area contributed by atoms with Gasteiger partial charge in [-0.3, -0.25) is 4.79 Å². The number of hydrogen-bond acceptors (Lipinski definition) is 7. The number of H-pyrrole nitrogens is 1. The summed E-state index contributed by atoms with van der Waals surface area (Å²) in [5.41, 5.74) is 10.7. The fourth-order valence-electron chi connectivity index (χ4n) is 6.39. The van der Waals surface area contributed by atoms with Crippen LogP contribution >= 0.6 is 0 Å². The maximum Gasteiger partial charge on any atom is 0.248 e. The summed E-state index contributed by atoms with van der Waals surface area (Å²) in [5.74, 6) is 0.774. The molecule has 37 heavy (non-hydrogen) atoms. The molecule has 10 nitrogen and oxygen atoms in total. The van der Waals surface area contributed by atoms with Crippen molar-refractivity contribution >= 4 is 17.4 Å². The molecule has 6 heterocycles. The maximum absolute atomic E-state index is 15.0. The van der Waals surface area contributed by atoms with E-state index in [2.05, 4.69) is 20.1 Å². The Morgan fingerprint density at radius 3 is 2.57 bits per heavy atom. The van der Waals surface area contributed by atoms with Crippen molar-refractivity contribution in [3.8, 4) is 22.6 Å². The number of imidazole rings is 1. The smallest absolute Gasteiger partial charge is 0.248 e. The molecule has 3 atom stereocenters. The number of pyridine rings is 1. The molecular formula is C26H27FN8O2. The highest BCUT2D eigenvalue weighted by atomic mass is 19.1. The van der Waals surface area contributed by atoms with Gasteiger partial charge >= 0.3 is 0 Å². The summed E-state index contributed by atoms with van der Waals surface area (Å²) in [7, 11) is 0. The number of nitrogens with zero attached hydrogens (tertiary/aromatic N) is 6. The van der Waals surface area contributed by atoms with Crippen LogP contribution in [0.15, 0.2) is 30.9 Å². The first kappa shape index (κ1) is 22.3. The van der Waals surface area contributed by atoms with Crippen LogP contribution < -0.4 is 5.73 Å². The molecule has 3 aliphatic rings. The van der Waals surface area contributed by atoms with E-state index < -0.39 is 12.4 Å². The number of aliphatic hydroxyl groups is 1. The molecule has 0 aromatic carbocycles. The molecule has 0 spiro atoms. The Hall–Kier alpha value is -3.86. The van der Waals surface area contributed by atoms with Crippen LogP contribution in [0.2, 0.25) is 0 Å². The van der Waals surface area contributed by atoms with Gasteiger partial charge in [-0.05, 0) is 50.5 Å². The lowest BCUT2D eigenvalue weighted by Gasteiger charge is -2.39. The minimum Gasteiger partial charge on any atom is -0.387 e. The number of amides is 1. The van der Waals surface area contributed by atoms with E-state index >= 15 is 4.39 Å². The van der Waals surface area contributed by atoms with E-state index in [0.717, 1.165) is 49.8 Å². The highest BCUT2D eigenvalue weighted by Crippen LogP contribution is 2.50. The molecule has 2 bridgehead atoms. The van der Waals surface area contributed by atoms with Crippen LogP contribution in [0.1, 0.15) is 61.6 Å². The van der Waals surface area contributed by atoms with Crippen molar-refractivity contribution in [1.82, 2.24) is 34.4 Å². The van der Waals surface area contributed by atoms with Crippen molar-refractivity contribution in [2.24, 2.45) is 0 Å². The number of rotatable bonds is 5. The average molecular weight is 503 g/mol. The number of anilines is 1. The third-order valence-electron chi connectivity index (χ3n) is 8.15. The van der Waals surface area contributed by atoms with Gasteiger partial charge in [-0.15, -0.1) is 0 Å².